The standard InChI is InChI=1S/C11H21N3O/c1-11(2)9-6-13-5-8(9)7-14(11)4-3-10(12)15/h8-9,13H,3-7H2,1-2H3,(H2,12,15). The van der Waals surface area contributed by atoms with Crippen LogP contribution in [0.2, 0.25) is 0 Å². The molecule has 4 nitrogen and oxygen atoms in total. The zero-order valence-corrected chi connectivity index (χ0v) is 9.62. The summed E-state index contributed by atoms with van der Waals surface area (Å²) in [6, 6.07) is 0. The predicted octanol–water partition coefficient (Wildman–Crippen LogP) is -0.208. The third kappa shape index (κ3) is 1.88. The normalized spacial score (nSPS) is 34.3. The van der Waals surface area contributed by atoms with E-state index in [1.54, 1.807) is 0 Å². The lowest BCUT2D eigenvalue weighted by atomic mass is 9.85. The molecule has 2 aliphatic heterocycles. The minimum absolute atomic E-state index is 0.194. The summed E-state index contributed by atoms with van der Waals surface area (Å²) in [5, 5.41) is 3.45. The van der Waals surface area contributed by atoms with Gasteiger partial charge in [-0.25, -0.2) is 0 Å². The molecule has 3 N–H and O–H groups in total. The number of nitrogens with two attached hydrogens (primary N) is 1. The van der Waals surface area contributed by atoms with Gasteiger partial charge in [-0.2, -0.15) is 0 Å². The Morgan fingerprint density at radius 2 is 2.27 bits per heavy atom. The summed E-state index contributed by atoms with van der Waals surface area (Å²) in [5.74, 6) is 1.29. The van der Waals surface area contributed by atoms with Crippen molar-refractivity contribution in [2.75, 3.05) is 26.2 Å². The number of fused-ring (bicyclic) bond motifs is 1. The first-order valence-corrected chi connectivity index (χ1v) is 5.76. The van der Waals surface area contributed by atoms with Crippen LogP contribution in [0.3, 0.4) is 0 Å². The van der Waals surface area contributed by atoms with Crippen molar-refractivity contribution < 1.29 is 4.79 Å². The summed E-state index contributed by atoms with van der Waals surface area (Å²) >= 11 is 0. The summed E-state index contributed by atoms with van der Waals surface area (Å²) < 4.78 is 0. The molecule has 0 aliphatic carbocycles. The summed E-state index contributed by atoms with van der Waals surface area (Å²) in [7, 11) is 0. The van der Waals surface area contributed by atoms with Crippen LogP contribution in [0.1, 0.15) is 20.3 Å². The zero-order chi connectivity index (χ0) is 11.1. The number of carbonyl (C=O) groups is 1. The topological polar surface area (TPSA) is 58.4 Å². The van der Waals surface area contributed by atoms with Crippen molar-refractivity contribution in [3.05, 3.63) is 0 Å². The van der Waals surface area contributed by atoms with Crippen LogP contribution in [0.5, 0.6) is 0 Å². The van der Waals surface area contributed by atoms with E-state index >= 15 is 0 Å². The maximum Gasteiger partial charge on any atom is 0.218 e. The van der Waals surface area contributed by atoms with Crippen molar-refractivity contribution in [3.8, 4) is 0 Å². The third-order valence-electron chi connectivity index (χ3n) is 4.15. The van der Waals surface area contributed by atoms with Crippen LogP contribution in [0.15, 0.2) is 0 Å². The van der Waals surface area contributed by atoms with Gasteiger partial charge in [0.05, 0.1) is 0 Å². The quantitative estimate of drug-likeness (QED) is 0.679. The molecule has 2 fully saturated rings. The van der Waals surface area contributed by atoms with Crippen molar-refractivity contribution >= 4 is 5.91 Å². The Morgan fingerprint density at radius 1 is 1.53 bits per heavy atom. The Morgan fingerprint density at radius 3 is 2.87 bits per heavy atom. The average Bonchev–Trinajstić information content (AvgIpc) is 2.66. The summed E-state index contributed by atoms with van der Waals surface area (Å²) in [5.41, 5.74) is 5.41. The van der Waals surface area contributed by atoms with Crippen LogP contribution >= 0.6 is 0 Å². The molecule has 2 saturated heterocycles. The van der Waals surface area contributed by atoms with E-state index in [0.29, 0.717) is 6.42 Å². The van der Waals surface area contributed by atoms with Crippen LogP contribution in [-0.2, 0) is 4.79 Å². The van der Waals surface area contributed by atoms with Crippen molar-refractivity contribution in [2.24, 2.45) is 17.6 Å². The number of hydrogen-bond donors (Lipinski definition) is 2. The maximum atomic E-state index is 10.8. The maximum absolute atomic E-state index is 10.8. The lowest BCUT2D eigenvalue weighted by Gasteiger charge is -2.35. The third-order valence-corrected chi connectivity index (χ3v) is 4.15. The van der Waals surface area contributed by atoms with E-state index in [2.05, 4.69) is 24.1 Å². The summed E-state index contributed by atoms with van der Waals surface area (Å²) in [6.45, 7) is 8.73. The Hall–Kier alpha value is -0.610. The first kappa shape index (κ1) is 10.9. The second kappa shape index (κ2) is 3.76. The SMILES string of the molecule is CC1(C)C2CNCC2CN1CCC(N)=O. The lowest BCUT2D eigenvalue weighted by Crippen LogP contribution is -2.45. The van der Waals surface area contributed by atoms with Gasteiger partial charge in [0, 0.05) is 31.6 Å². The molecule has 0 saturated carbocycles. The summed E-state index contributed by atoms with van der Waals surface area (Å²) in [4.78, 5) is 13.2. The van der Waals surface area contributed by atoms with E-state index in [1.165, 1.54) is 0 Å². The van der Waals surface area contributed by atoms with Crippen LogP contribution in [0.25, 0.3) is 0 Å². The lowest BCUT2D eigenvalue weighted by molar-refractivity contribution is -0.118. The van der Waals surface area contributed by atoms with Crippen LogP contribution in [0.4, 0.5) is 0 Å². The minimum atomic E-state index is -0.194. The van der Waals surface area contributed by atoms with Gasteiger partial charge in [-0.15, -0.1) is 0 Å². The van der Waals surface area contributed by atoms with Crippen molar-refractivity contribution in [2.45, 2.75) is 25.8 Å². The number of carbonyl (C=O) groups excluding carboxylic acids is 1. The fourth-order valence-corrected chi connectivity index (χ4v) is 3.13. The fraction of sp³-hybridized carbons (Fsp3) is 0.909. The first-order chi connectivity index (χ1) is 7.01. The molecule has 2 atom stereocenters. The molecule has 0 aromatic heterocycles. The minimum Gasteiger partial charge on any atom is -0.370 e. The van der Waals surface area contributed by atoms with Crippen LogP contribution < -0.4 is 11.1 Å². The molecular formula is C11H21N3O. The molecular weight excluding hydrogens is 190 g/mol. The van der Waals surface area contributed by atoms with E-state index in [9.17, 15) is 4.79 Å². The van der Waals surface area contributed by atoms with Crippen molar-refractivity contribution in [1.29, 1.82) is 0 Å². The van der Waals surface area contributed by atoms with Crippen molar-refractivity contribution in [1.82, 2.24) is 10.2 Å². The molecule has 0 bridgehead atoms. The molecule has 2 heterocycles. The second-order valence-electron chi connectivity index (χ2n) is 5.34. The van der Waals surface area contributed by atoms with Crippen LogP contribution in [-0.4, -0.2) is 42.5 Å². The van der Waals surface area contributed by atoms with Gasteiger partial charge in [0.25, 0.3) is 0 Å². The summed E-state index contributed by atoms with van der Waals surface area (Å²) in [6.07, 6.45) is 0.482. The molecule has 1 amide bonds. The van der Waals surface area contributed by atoms with E-state index in [4.69, 9.17) is 5.73 Å². The second-order valence-corrected chi connectivity index (χ2v) is 5.34. The highest BCUT2D eigenvalue weighted by molar-refractivity contribution is 5.73. The van der Waals surface area contributed by atoms with Gasteiger partial charge in [0.15, 0.2) is 0 Å². The number of nitrogens with one attached hydrogen (secondary N) is 1. The molecule has 0 radical (unpaired) electrons. The highest BCUT2D eigenvalue weighted by atomic mass is 16.1. The molecule has 86 valence electrons. The van der Waals surface area contributed by atoms with Gasteiger partial charge in [0.2, 0.25) is 5.91 Å². The van der Waals surface area contributed by atoms with E-state index in [-0.39, 0.29) is 11.4 Å². The predicted molar refractivity (Wildman–Crippen MR) is 59.3 cm³/mol. The van der Waals surface area contributed by atoms with E-state index in [0.717, 1.165) is 38.0 Å². The number of primary amides is 1. The van der Waals surface area contributed by atoms with Gasteiger partial charge < -0.3 is 11.1 Å². The highest BCUT2D eigenvalue weighted by Gasteiger charge is 2.48. The monoisotopic (exact) mass is 211 g/mol. The number of amides is 1. The van der Waals surface area contributed by atoms with E-state index in [1.807, 2.05) is 0 Å². The Kier molecular flexibility index (Phi) is 2.73. The number of likely N-dealkylation sites (tertiary alicyclic amines) is 1. The Labute approximate surface area is 91.2 Å². The molecule has 0 aromatic carbocycles. The molecule has 0 spiro atoms. The molecule has 4 heteroatoms. The Bertz CT molecular complexity index is 265. The fourth-order valence-electron chi connectivity index (χ4n) is 3.13. The number of nitrogens with zero attached hydrogens (tertiary/aromatic N) is 1. The largest absolute Gasteiger partial charge is 0.370 e. The molecule has 2 rings (SSSR count). The van der Waals surface area contributed by atoms with Gasteiger partial charge in [-0.1, -0.05) is 0 Å². The van der Waals surface area contributed by atoms with Gasteiger partial charge >= 0.3 is 0 Å². The van der Waals surface area contributed by atoms with Crippen LogP contribution in [0, 0.1) is 11.8 Å². The molecule has 15 heavy (non-hydrogen) atoms. The van der Waals surface area contributed by atoms with Gasteiger partial charge in [0.1, 0.15) is 0 Å². The smallest absolute Gasteiger partial charge is 0.218 e. The molecule has 2 aliphatic rings. The molecule has 0 aromatic rings. The average molecular weight is 211 g/mol. The van der Waals surface area contributed by atoms with Gasteiger partial charge in [-0.05, 0) is 32.2 Å². The molecule has 2 unspecified atom stereocenters. The highest BCUT2D eigenvalue weighted by Crippen LogP contribution is 2.40. The number of rotatable bonds is 3. The van der Waals surface area contributed by atoms with E-state index < -0.39 is 0 Å². The van der Waals surface area contributed by atoms with Crippen molar-refractivity contribution in [3.63, 3.8) is 0 Å². The first-order valence-electron chi connectivity index (χ1n) is 5.76. The van der Waals surface area contributed by atoms with Gasteiger partial charge in [-0.3, -0.25) is 9.69 Å². The Balaban J connectivity index is 1.99. The zero-order valence-electron chi connectivity index (χ0n) is 9.62. The number of hydrogen-bond acceptors (Lipinski definition) is 3.